The molecule has 14 nitrogen and oxygen atoms in total. The van der Waals surface area contributed by atoms with Gasteiger partial charge in [0.2, 0.25) is 23.6 Å². The van der Waals surface area contributed by atoms with Gasteiger partial charge in [0.15, 0.2) is 5.84 Å². The van der Waals surface area contributed by atoms with Crippen molar-refractivity contribution in [3.05, 3.63) is 63.9 Å². The van der Waals surface area contributed by atoms with Gasteiger partial charge in [-0.2, -0.15) is 0 Å². The Morgan fingerprint density at radius 1 is 0.873 bits per heavy atom. The van der Waals surface area contributed by atoms with Crippen molar-refractivity contribution >= 4 is 64.6 Å². The molecule has 0 aliphatic carbocycles. The topological polar surface area (TPSA) is 184 Å². The molecule has 7 rings (SSSR count). The van der Waals surface area contributed by atoms with E-state index in [1.54, 1.807) is 11.1 Å². The molecule has 6 heterocycles. The molecule has 2 unspecified atom stereocenters. The number of amidine groups is 1. The molecule has 0 saturated carbocycles. The molecule has 2 saturated heterocycles. The van der Waals surface area contributed by atoms with E-state index in [4.69, 9.17) is 15.0 Å². The van der Waals surface area contributed by atoms with Gasteiger partial charge in [-0.25, -0.2) is 9.98 Å². The van der Waals surface area contributed by atoms with Crippen LogP contribution in [-0.2, 0) is 19.2 Å². The van der Waals surface area contributed by atoms with Crippen molar-refractivity contribution in [3.63, 3.8) is 0 Å². The molecule has 4 atom stereocenters. The average Bonchev–Trinajstić information content (AvgIpc) is 4.01. The third-order valence-corrected chi connectivity index (χ3v) is 11.0. The van der Waals surface area contributed by atoms with E-state index >= 15 is 0 Å². The summed E-state index contributed by atoms with van der Waals surface area (Å²) in [5, 5.41) is 16.6. The van der Waals surface area contributed by atoms with Crippen molar-refractivity contribution < 1.29 is 24.3 Å². The molecule has 2 fully saturated rings. The largest absolute Gasteiger partial charge is 0.387 e. The van der Waals surface area contributed by atoms with Crippen LogP contribution in [0, 0.1) is 11.8 Å². The first-order chi connectivity index (χ1) is 26.4. The van der Waals surface area contributed by atoms with Gasteiger partial charge in [-0.05, 0) is 37.5 Å². The number of aromatic amines is 1. The standard InChI is InChI=1S/C41H49N9O5/c1-22(2)35(46-24(5)52)40(54)49-14-6-8-32(49)30-16-27(17-42-30)38-29-19-43-37(28(29)18-44-38)26-12-10-25(11-13-26)31-20-45-39(47-31)33-9-7-15-50(33)41(55)36(23(3)4)48-34(53)21-51/h10-13,17-20,22-23,32-33,35-36,44,51H,6-9,14-16,21H2,1-5H3,(H,46,52)(H,48,53)/t32?,33?,35-,36-/m0/s1. The van der Waals surface area contributed by atoms with Crippen LogP contribution in [-0.4, -0.2) is 111 Å². The summed E-state index contributed by atoms with van der Waals surface area (Å²) in [6, 6.07) is 6.35. The van der Waals surface area contributed by atoms with Crippen LogP contribution >= 0.6 is 0 Å². The number of carbonyl (C=O) groups is 4. The monoisotopic (exact) mass is 747 g/mol. The van der Waals surface area contributed by atoms with Crippen molar-refractivity contribution in [1.29, 1.82) is 0 Å². The number of nitrogens with zero attached hydrogens (tertiary/aromatic N) is 6. The first kappa shape index (κ1) is 37.8. The van der Waals surface area contributed by atoms with Crippen LogP contribution in [0.15, 0.2) is 56.6 Å². The third kappa shape index (κ3) is 7.47. The highest BCUT2D eigenvalue weighted by Gasteiger charge is 2.40. The molecular weight excluding hydrogens is 699 g/mol. The van der Waals surface area contributed by atoms with Crippen LogP contribution in [0.4, 0.5) is 0 Å². The lowest BCUT2D eigenvalue weighted by Gasteiger charge is -2.31. The SMILES string of the molecule is CC(=O)N[C@H](C(=O)N1CCCC1C1=NC=C(c2[nH]cc3c2C=NC3=c2ccc(=C3C=NC(C4CCCN4C(=O)[C@@H](NC(=O)CO)C(C)C)=N3)cc2)C1)C(C)C. The number of rotatable bonds is 10. The van der Waals surface area contributed by atoms with Crippen LogP contribution in [0.2, 0.25) is 0 Å². The highest BCUT2D eigenvalue weighted by Crippen LogP contribution is 2.35. The lowest BCUT2D eigenvalue weighted by atomic mass is 9.98. The van der Waals surface area contributed by atoms with E-state index in [0.29, 0.717) is 31.0 Å². The van der Waals surface area contributed by atoms with Gasteiger partial charge >= 0.3 is 0 Å². The third-order valence-electron chi connectivity index (χ3n) is 11.0. The minimum atomic E-state index is -0.740. The lowest BCUT2D eigenvalue weighted by molar-refractivity contribution is -0.138. The second kappa shape index (κ2) is 15.7. The molecular formula is C41H49N9O5. The van der Waals surface area contributed by atoms with Crippen LogP contribution in [0.1, 0.15) is 83.5 Å². The Balaban J connectivity index is 1.05. The van der Waals surface area contributed by atoms with E-state index in [1.165, 1.54) is 6.92 Å². The number of likely N-dealkylation sites (tertiary alicyclic amines) is 2. The zero-order valence-electron chi connectivity index (χ0n) is 32.0. The molecule has 2 aromatic rings. The number of amides is 4. The molecule has 55 heavy (non-hydrogen) atoms. The summed E-state index contributed by atoms with van der Waals surface area (Å²) in [6.45, 7) is 9.60. The number of aliphatic hydroxyl groups excluding tert-OH is 1. The number of aliphatic hydroxyl groups is 1. The fourth-order valence-electron chi connectivity index (χ4n) is 8.17. The number of benzene rings is 1. The van der Waals surface area contributed by atoms with Crippen molar-refractivity contribution in [3.8, 4) is 0 Å². The Labute approximate surface area is 320 Å². The Morgan fingerprint density at radius 2 is 1.51 bits per heavy atom. The molecule has 1 aromatic heterocycles. The summed E-state index contributed by atoms with van der Waals surface area (Å²) in [5.41, 5.74) is 6.54. The highest BCUT2D eigenvalue weighted by atomic mass is 16.3. The van der Waals surface area contributed by atoms with Crippen LogP contribution in [0.3, 0.4) is 0 Å². The normalized spacial score (nSPS) is 21.3. The Hall–Kier alpha value is -5.50. The molecule has 14 heteroatoms. The quantitative estimate of drug-likeness (QED) is 0.288. The molecule has 1 aromatic carbocycles. The van der Waals surface area contributed by atoms with Gasteiger partial charge in [0, 0.05) is 77.9 Å². The first-order valence-corrected chi connectivity index (χ1v) is 19.2. The number of allylic oxidation sites excluding steroid dienone is 1. The van der Waals surface area contributed by atoms with E-state index in [0.717, 1.165) is 69.9 Å². The molecule has 5 aliphatic heterocycles. The van der Waals surface area contributed by atoms with Crippen molar-refractivity contribution in [1.82, 2.24) is 25.4 Å². The van der Waals surface area contributed by atoms with Crippen LogP contribution < -0.4 is 21.1 Å². The zero-order chi connectivity index (χ0) is 39.0. The summed E-state index contributed by atoms with van der Waals surface area (Å²) < 4.78 is 0. The summed E-state index contributed by atoms with van der Waals surface area (Å²) in [5.74, 6) is -0.634. The van der Waals surface area contributed by atoms with E-state index in [2.05, 4.69) is 20.6 Å². The first-order valence-electron chi connectivity index (χ1n) is 19.2. The maximum Gasteiger partial charge on any atom is 0.246 e. The number of aliphatic imine (C=N–C) groups is 4. The molecule has 0 bridgehead atoms. The molecule has 0 radical (unpaired) electrons. The predicted molar refractivity (Wildman–Crippen MR) is 212 cm³/mol. The van der Waals surface area contributed by atoms with Gasteiger partial charge in [0.25, 0.3) is 0 Å². The van der Waals surface area contributed by atoms with Gasteiger partial charge < -0.3 is 30.5 Å². The van der Waals surface area contributed by atoms with Gasteiger partial charge in [0.05, 0.1) is 35.4 Å². The predicted octanol–water partition coefficient (Wildman–Crippen LogP) is 1.66. The maximum atomic E-state index is 13.6. The summed E-state index contributed by atoms with van der Waals surface area (Å²) in [4.78, 5) is 77.0. The van der Waals surface area contributed by atoms with E-state index < -0.39 is 24.6 Å². The smallest absolute Gasteiger partial charge is 0.246 e. The van der Waals surface area contributed by atoms with Gasteiger partial charge in [-0.1, -0.05) is 52.0 Å². The second-order valence-corrected chi connectivity index (χ2v) is 15.5. The number of H-pyrrole nitrogens is 1. The van der Waals surface area contributed by atoms with Crippen LogP contribution in [0.5, 0.6) is 0 Å². The molecule has 4 N–H and O–H groups in total. The van der Waals surface area contributed by atoms with Gasteiger partial charge in [-0.3, -0.25) is 29.2 Å². The van der Waals surface area contributed by atoms with E-state index in [1.807, 2.05) is 75.5 Å². The van der Waals surface area contributed by atoms with Crippen LogP contribution in [0.25, 0.3) is 17.0 Å². The minimum absolute atomic E-state index is 0.0253. The lowest BCUT2D eigenvalue weighted by Crippen LogP contribution is -2.54. The Bertz CT molecular complexity index is 2170. The average molecular weight is 748 g/mol. The van der Waals surface area contributed by atoms with Crippen molar-refractivity contribution in [2.45, 2.75) is 90.9 Å². The fourth-order valence-corrected chi connectivity index (χ4v) is 8.17. The fraction of sp³-hybridized carbons (Fsp3) is 0.463. The van der Waals surface area contributed by atoms with Crippen molar-refractivity contribution in [2.24, 2.45) is 31.8 Å². The maximum absolute atomic E-state index is 13.6. The number of hydrogen-bond donors (Lipinski definition) is 4. The molecule has 288 valence electrons. The molecule has 4 amide bonds. The number of hydrogen-bond acceptors (Lipinski definition) is 9. The van der Waals surface area contributed by atoms with Crippen molar-refractivity contribution in [2.75, 3.05) is 19.7 Å². The summed E-state index contributed by atoms with van der Waals surface area (Å²) >= 11 is 0. The number of aromatic nitrogens is 1. The summed E-state index contributed by atoms with van der Waals surface area (Å²) in [7, 11) is 0. The van der Waals surface area contributed by atoms with Gasteiger partial charge in [0.1, 0.15) is 18.7 Å². The van der Waals surface area contributed by atoms with Gasteiger partial charge in [-0.15, -0.1) is 0 Å². The minimum Gasteiger partial charge on any atom is -0.387 e. The number of fused-ring (bicyclic) bond motifs is 1. The number of carbonyl (C=O) groups excluding carboxylic acids is 4. The Morgan fingerprint density at radius 3 is 2.16 bits per heavy atom. The Kier molecular flexibility index (Phi) is 10.8. The molecule has 5 aliphatic rings. The summed E-state index contributed by atoms with van der Waals surface area (Å²) in [6.07, 6.45) is 11.4. The van der Waals surface area contributed by atoms with E-state index in [-0.39, 0.29) is 41.6 Å². The highest BCUT2D eigenvalue weighted by molar-refractivity contribution is 6.17. The van der Waals surface area contributed by atoms with E-state index in [9.17, 15) is 24.3 Å². The molecule has 0 spiro atoms. The second-order valence-electron chi connectivity index (χ2n) is 15.5. The number of nitrogens with one attached hydrogen (secondary N) is 3. The zero-order valence-corrected chi connectivity index (χ0v) is 32.0.